The molecular weight excluding hydrogens is 340 g/mol. The fourth-order valence-electron chi connectivity index (χ4n) is 3.09. The third kappa shape index (κ3) is 3.75. The van der Waals surface area contributed by atoms with Crippen molar-refractivity contribution < 1.29 is 34.7 Å². The van der Waals surface area contributed by atoms with E-state index in [1.165, 1.54) is 6.07 Å². The summed E-state index contributed by atoms with van der Waals surface area (Å²) in [4.78, 5) is 12.5. The summed E-state index contributed by atoms with van der Waals surface area (Å²) in [5.41, 5.74) is 0.571. The second-order valence-electron chi connectivity index (χ2n) is 6.70. The molecule has 2 aliphatic heterocycles. The number of aromatic hydroxyl groups is 2. The van der Waals surface area contributed by atoms with E-state index in [1.807, 2.05) is 0 Å². The lowest BCUT2D eigenvalue weighted by atomic mass is 9.96. The number of benzene rings is 1. The molecule has 0 aromatic heterocycles. The normalized spacial score (nSPS) is 33.4. The second-order valence-corrected chi connectivity index (χ2v) is 6.70. The molecule has 0 amide bonds. The molecule has 0 spiro atoms. The van der Waals surface area contributed by atoms with E-state index in [4.69, 9.17) is 9.47 Å². The summed E-state index contributed by atoms with van der Waals surface area (Å²) < 4.78 is 10.9. The van der Waals surface area contributed by atoms with Crippen molar-refractivity contribution in [2.45, 2.75) is 50.3 Å². The standard InChI is InChI=1S/C19H22O7/c1-9-4-3-5-10(2)25-19(24)16-12(6-11(20)7-13(16)21)18-15(26-18)8-14(22)17(9)23/h3-4,6-7,10,14-15,17-18,20-23H,1,5,8H2,2H3/b4-3-/t10-,14-,15-,17+,18+/m0/s1. The number of carbonyl (C=O) groups is 1. The van der Waals surface area contributed by atoms with Crippen LogP contribution in [0.2, 0.25) is 0 Å². The van der Waals surface area contributed by atoms with Crippen LogP contribution < -0.4 is 0 Å². The molecular formula is C19H22O7. The van der Waals surface area contributed by atoms with Gasteiger partial charge in [-0.1, -0.05) is 18.7 Å². The summed E-state index contributed by atoms with van der Waals surface area (Å²) in [6, 6.07) is 2.40. The molecule has 1 fully saturated rings. The molecule has 3 rings (SSSR count). The highest BCUT2D eigenvalue weighted by Crippen LogP contribution is 2.46. The minimum atomic E-state index is -1.14. The number of epoxide rings is 1. The summed E-state index contributed by atoms with van der Waals surface area (Å²) in [7, 11) is 0. The van der Waals surface area contributed by atoms with Gasteiger partial charge in [0.1, 0.15) is 35.4 Å². The van der Waals surface area contributed by atoms with Crippen LogP contribution >= 0.6 is 0 Å². The van der Waals surface area contributed by atoms with Crippen molar-refractivity contribution in [1.82, 2.24) is 0 Å². The van der Waals surface area contributed by atoms with Crippen molar-refractivity contribution in [3.8, 4) is 11.5 Å². The van der Waals surface area contributed by atoms with E-state index in [0.717, 1.165) is 6.07 Å². The van der Waals surface area contributed by atoms with Crippen LogP contribution in [0, 0.1) is 0 Å². The van der Waals surface area contributed by atoms with Crippen molar-refractivity contribution in [2.75, 3.05) is 0 Å². The maximum atomic E-state index is 12.5. The summed E-state index contributed by atoms with van der Waals surface area (Å²) >= 11 is 0. The summed E-state index contributed by atoms with van der Waals surface area (Å²) in [5, 5.41) is 40.3. The Hall–Kier alpha value is -2.35. The largest absolute Gasteiger partial charge is 0.508 e. The highest BCUT2D eigenvalue weighted by molar-refractivity contribution is 5.95. The Kier molecular flexibility index (Phi) is 5.04. The summed E-state index contributed by atoms with van der Waals surface area (Å²) in [6.07, 6.45) is -0.0470. The van der Waals surface area contributed by atoms with Crippen LogP contribution in [-0.4, -0.2) is 50.8 Å². The molecule has 140 valence electrons. The molecule has 2 aliphatic rings. The Morgan fingerprint density at radius 2 is 1.96 bits per heavy atom. The van der Waals surface area contributed by atoms with Crippen LogP contribution in [0.15, 0.2) is 36.4 Å². The van der Waals surface area contributed by atoms with Gasteiger partial charge in [-0.05, 0) is 18.6 Å². The number of esters is 1. The third-order valence-electron chi connectivity index (χ3n) is 4.55. The monoisotopic (exact) mass is 362 g/mol. The van der Waals surface area contributed by atoms with Crippen LogP contribution in [0.4, 0.5) is 0 Å². The molecule has 1 saturated heterocycles. The number of rotatable bonds is 0. The maximum Gasteiger partial charge on any atom is 0.342 e. The number of aliphatic hydroxyl groups excluding tert-OH is 2. The summed E-state index contributed by atoms with van der Waals surface area (Å²) in [6.45, 7) is 5.43. The van der Waals surface area contributed by atoms with E-state index >= 15 is 0 Å². The number of fused-ring (bicyclic) bond motifs is 3. The zero-order valence-corrected chi connectivity index (χ0v) is 14.3. The molecule has 2 heterocycles. The van der Waals surface area contributed by atoms with E-state index in [-0.39, 0.29) is 23.3 Å². The van der Waals surface area contributed by atoms with Crippen molar-refractivity contribution in [2.24, 2.45) is 0 Å². The van der Waals surface area contributed by atoms with Crippen molar-refractivity contribution in [3.63, 3.8) is 0 Å². The number of ether oxygens (including phenoxy) is 2. The van der Waals surface area contributed by atoms with Gasteiger partial charge in [0, 0.05) is 24.5 Å². The Bertz CT molecular complexity index is 754. The second kappa shape index (κ2) is 7.11. The van der Waals surface area contributed by atoms with Gasteiger partial charge in [0.25, 0.3) is 0 Å². The number of phenols is 2. The zero-order valence-electron chi connectivity index (χ0n) is 14.3. The number of aliphatic hydroxyl groups is 2. The molecule has 0 aliphatic carbocycles. The van der Waals surface area contributed by atoms with Crippen LogP contribution in [0.1, 0.15) is 41.8 Å². The Labute approximate surface area is 150 Å². The molecule has 7 nitrogen and oxygen atoms in total. The first-order valence-corrected chi connectivity index (χ1v) is 8.41. The quantitative estimate of drug-likeness (QED) is 0.410. The zero-order chi connectivity index (χ0) is 19.0. The van der Waals surface area contributed by atoms with Crippen LogP contribution in [0.5, 0.6) is 11.5 Å². The first-order valence-electron chi connectivity index (χ1n) is 8.41. The molecule has 7 heteroatoms. The minimum absolute atomic E-state index is 0.0670. The van der Waals surface area contributed by atoms with Gasteiger partial charge in [-0.3, -0.25) is 0 Å². The van der Waals surface area contributed by atoms with Crippen molar-refractivity contribution in [3.05, 3.63) is 47.6 Å². The highest BCUT2D eigenvalue weighted by Gasteiger charge is 2.45. The van der Waals surface area contributed by atoms with Gasteiger partial charge in [0.15, 0.2) is 0 Å². The molecule has 0 unspecified atom stereocenters. The Balaban J connectivity index is 1.97. The fraction of sp³-hybridized carbons (Fsp3) is 0.421. The Morgan fingerprint density at radius 1 is 1.23 bits per heavy atom. The predicted octanol–water partition coefficient (Wildman–Crippen LogP) is 1.71. The van der Waals surface area contributed by atoms with Gasteiger partial charge in [-0.15, -0.1) is 0 Å². The predicted molar refractivity (Wildman–Crippen MR) is 91.8 cm³/mol. The molecule has 0 saturated carbocycles. The smallest absolute Gasteiger partial charge is 0.342 e. The lowest BCUT2D eigenvalue weighted by Gasteiger charge is -2.19. The molecule has 5 atom stereocenters. The SMILES string of the molecule is C=C1/C=C\C[C@H](C)OC(=O)c2c(O)cc(O)cc2[C@H]2O[C@H]2C[C@H](O)[C@@H]1O. The van der Waals surface area contributed by atoms with E-state index in [2.05, 4.69) is 6.58 Å². The number of carbonyl (C=O) groups excluding carboxylic acids is 1. The summed E-state index contributed by atoms with van der Waals surface area (Å²) in [5.74, 6) is -1.33. The highest BCUT2D eigenvalue weighted by atomic mass is 16.6. The first-order chi connectivity index (χ1) is 12.3. The minimum Gasteiger partial charge on any atom is -0.508 e. The number of phenolic OH excluding ortho intramolecular Hbond substituents is 2. The molecule has 1 aromatic rings. The number of hydrogen-bond donors (Lipinski definition) is 4. The average molecular weight is 362 g/mol. The lowest BCUT2D eigenvalue weighted by molar-refractivity contribution is 0.0332. The lowest BCUT2D eigenvalue weighted by Crippen LogP contribution is -2.28. The molecule has 4 N–H and O–H groups in total. The van der Waals surface area contributed by atoms with Gasteiger partial charge < -0.3 is 29.9 Å². The van der Waals surface area contributed by atoms with E-state index < -0.39 is 42.2 Å². The van der Waals surface area contributed by atoms with Crippen molar-refractivity contribution >= 4 is 5.97 Å². The first kappa shape index (κ1) is 18.4. The topological polar surface area (TPSA) is 120 Å². The van der Waals surface area contributed by atoms with E-state index in [1.54, 1.807) is 19.1 Å². The third-order valence-corrected chi connectivity index (χ3v) is 4.55. The van der Waals surface area contributed by atoms with Crippen LogP contribution in [0.3, 0.4) is 0 Å². The van der Waals surface area contributed by atoms with Gasteiger partial charge >= 0.3 is 5.97 Å². The van der Waals surface area contributed by atoms with Crippen LogP contribution in [-0.2, 0) is 9.47 Å². The van der Waals surface area contributed by atoms with Crippen molar-refractivity contribution in [1.29, 1.82) is 0 Å². The fourth-order valence-corrected chi connectivity index (χ4v) is 3.09. The Morgan fingerprint density at radius 3 is 2.69 bits per heavy atom. The van der Waals surface area contributed by atoms with Crippen LogP contribution in [0.25, 0.3) is 0 Å². The van der Waals surface area contributed by atoms with Gasteiger partial charge in [-0.25, -0.2) is 4.79 Å². The number of cyclic esters (lactones) is 1. The molecule has 26 heavy (non-hydrogen) atoms. The molecule has 1 aromatic carbocycles. The molecule has 0 bridgehead atoms. The maximum absolute atomic E-state index is 12.5. The van der Waals surface area contributed by atoms with Gasteiger partial charge in [0.05, 0.1) is 12.2 Å². The van der Waals surface area contributed by atoms with Gasteiger partial charge in [0.2, 0.25) is 0 Å². The van der Waals surface area contributed by atoms with Gasteiger partial charge in [-0.2, -0.15) is 0 Å². The average Bonchev–Trinajstić information content (AvgIpc) is 3.31. The molecule has 0 radical (unpaired) electrons. The van der Waals surface area contributed by atoms with E-state index in [9.17, 15) is 25.2 Å². The van der Waals surface area contributed by atoms with E-state index in [0.29, 0.717) is 12.0 Å². The number of hydrogen-bond acceptors (Lipinski definition) is 7.